The molecule has 1 fully saturated rings. The molecule has 1 aliphatic heterocycles. The molecule has 5 rings (SSSR count). The largest absolute Gasteiger partial charge is 0.488 e. The fraction of sp³-hybridized carbons (Fsp3) is 0.190. The monoisotopic (exact) mass is 316 g/mol. The first-order valence-electron chi connectivity index (χ1n) is 8.10. The SMILES string of the molecule is COC(=O)[C@@]12c3ccccc3O[C@@H]1[C@H]2c1ccc2ccccc2c1. The van der Waals surface area contributed by atoms with Crippen molar-refractivity contribution < 1.29 is 14.3 Å². The van der Waals surface area contributed by atoms with Crippen LogP contribution in [0.1, 0.15) is 17.0 Å². The number of rotatable bonds is 2. The summed E-state index contributed by atoms with van der Waals surface area (Å²) in [4.78, 5) is 12.7. The van der Waals surface area contributed by atoms with Crippen molar-refractivity contribution in [2.45, 2.75) is 17.4 Å². The number of ether oxygens (including phenoxy) is 2. The molecule has 1 saturated carbocycles. The van der Waals surface area contributed by atoms with Crippen LogP contribution in [0.25, 0.3) is 10.8 Å². The van der Waals surface area contributed by atoms with Crippen LogP contribution in [-0.2, 0) is 14.9 Å². The predicted octanol–water partition coefficient (Wildman–Crippen LogP) is 3.81. The molecule has 2 aliphatic rings. The van der Waals surface area contributed by atoms with E-state index in [1.165, 1.54) is 17.9 Å². The lowest BCUT2D eigenvalue weighted by molar-refractivity contribution is -0.144. The maximum atomic E-state index is 12.7. The van der Waals surface area contributed by atoms with Gasteiger partial charge >= 0.3 is 5.97 Å². The molecule has 0 spiro atoms. The van der Waals surface area contributed by atoms with Crippen LogP contribution in [0.15, 0.2) is 66.7 Å². The lowest BCUT2D eigenvalue weighted by Gasteiger charge is -2.14. The molecular weight excluding hydrogens is 300 g/mol. The molecule has 3 aromatic carbocycles. The number of methoxy groups -OCH3 is 1. The molecule has 3 nitrogen and oxygen atoms in total. The summed E-state index contributed by atoms with van der Waals surface area (Å²) in [5.41, 5.74) is 1.37. The Balaban J connectivity index is 1.66. The van der Waals surface area contributed by atoms with Crippen LogP contribution in [0.4, 0.5) is 0 Å². The van der Waals surface area contributed by atoms with E-state index in [0.29, 0.717) is 0 Å². The summed E-state index contributed by atoms with van der Waals surface area (Å²) in [6.45, 7) is 0. The van der Waals surface area contributed by atoms with Gasteiger partial charge < -0.3 is 9.47 Å². The summed E-state index contributed by atoms with van der Waals surface area (Å²) < 4.78 is 11.2. The summed E-state index contributed by atoms with van der Waals surface area (Å²) >= 11 is 0. The molecule has 3 heteroatoms. The highest BCUT2D eigenvalue weighted by Crippen LogP contribution is 2.68. The van der Waals surface area contributed by atoms with Crippen LogP contribution in [-0.4, -0.2) is 19.2 Å². The van der Waals surface area contributed by atoms with E-state index in [2.05, 4.69) is 30.3 Å². The Morgan fingerprint density at radius 3 is 2.58 bits per heavy atom. The summed E-state index contributed by atoms with van der Waals surface area (Å²) in [7, 11) is 1.45. The average Bonchev–Trinajstić information content (AvgIpc) is 3.18. The highest BCUT2D eigenvalue weighted by Gasteiger charge is 2.78. The van der Waals surface area contributed by atoms with Gasteiger partial charge in [-0.2, -0.15) is 0 Å². The Kier molecular flexibility index (Phi) is 2.61. The number of carbonyl (C=O) groups excluding carboxylic acids is 1. The number of carbonyl (C=O) groups is 1. The summed E-state index contributed by atoms with van der Waals surface area (Å²) in [5, 5.41) is 2.37. The van der Waals surface area contributed by atoms with Gasteiger partial charge in [0.05, 0.1) is 7.11 Å². The standard InChI is InChI=1S/C21H16O3/c1-23-20(22)21-16-8-4-5-9-17(16)24-19(21)18(21)15-11-10-13-6-2-3-7-14(13)12-15/h2-12,18-19H,1H3/t18-,19-,21-/m1/s1. The van der Waals surface area contributed by atoms with E-state index >= 15 is 0 Å². The van der Waals surface area contributed by atoms with Gasteiger partial charge in [-0.3, -0.25) is 4.79 Å². The second-order valence-electron chi connectivity index (χ2n) is 6.48. The molecule has 0 radical (unpaired) electrons. The molecule has 3 aromatic rings. The molecule has 1 aliphatic carbocycles. The van der Waals surface area contributed by atoms with Gasteiger partial charge in [0.15, 0.2) is 0 Å². The normalized spacial score (nSPS) is 26.4. The van der Waals surface area contributed by atoms with Crippen LogP contribution in [0, 0.1) is 0 Å². The number of fused-ring (bicyclic) bond motifs is 4. The minimum absolute atomic E-state index is 0.00413. The maximum Gasteiger partial charge on any atom is 0.321 e. The smallest absolute Gasteiger partial charge is 0.321 e. The van der Waals surface area contributed by atoms with Crippen molar-refractivity contribution in [1.82, 2.24) is 0 Å². The zero-order valence-electron chi connectivity index (χ0n) is 13.2. The van der Waals surface area contributed by atoms with Crippen LogP contribution >= 0.6 is 0 Å². The molecule has 24 heavy (non-hydrogen) atoms. The Hall–Kier alpha value is -2.81. The first-order valence-corrected chi connectivity index (χ1v) is 8.10. The molecule has 0 aromatic heterocycles. The van der Waals surface area contributed by atoms with Crippen molar-refractivity contribution >= 4 is 16.7 Å². The van der Waals surface area contributed by atoms with E-state index in [1.807, 2.05) is 36.4 Å². The quantitative estimate of drug-likeness (QED) is 0.675. The number of hydrogen-bond donors (Lipinski definition) is 0. The van der Waals surface area contributed by atoms with Gasteiger partial charge in [0.25, 0.3) is 0 Å². The van der Waals surface area contributed by atoms with Crippen molar-refractivity contribution in [3.63, 3.8) is 0 Å². The van der Waals surface area contributed by atoms with E-state index < -0.39 is 5.41 Å². The van der Waals surface area contributed by atoms with Crippen LogP contribution in [0.2, 0.25) is 0 Å². The maximum absolute atomic E-state index is 12.7. The zero-order chi connectivity index (χ0) is 16.3. The van der Waals surface area contributed by atoms with Crippen LogP contribution in [0.5, 0.6) is 5.75 Å². The van der Waals surface area contributed by atoms with Crippen LogP contribution in [0.3, 0.4) is 0 Å². The van der Waals surface area contributed by atoms with Crippen molar-refractivity contribution in [3.8, 4) is 5.75 Å². The van der Waals surface area contributed by atoms with Crippen molar-refractivity contribution in [2.24, 2.45) is 0 Å². The summed E-state index contributed by atoms with van der Waals surface area (Å²) in [5.74, 6) is 0.588. The molecule has 1 heterocycles. The molecule has 0 N–H and O–H groups in total. The van der Waals surface area contributed by atoms with E-state index in [4.69, 9.17) is 9.47 Å². The Morgan fingerprint density at radius 1 is 1.00 bits per heavy atom. The van der Waals surface area contributed by atoms with Gasteiger partial charge in [-0.1, -0.05) is 60.7 Å². The minimum atomic E-state index is -0.701. The fourth-order valence-corrected chi connectivity index (χ4v) is 4.25. The molecular formula is C21H16O3. The zero-order valence-corrected chi connectivity index (χ0v) is 13.2. The number of hydrogen-bond acceptors (Lipinski definition) is 3. The van der Waals surface area contributed by atoms with E-state index in [0.717, 1.165) is 16.9 Å². The molecule has 3 atom stereocenters. The van der Waals surface area contributed by atoms with Gasteiger partial charge in [-0.05, 0) is 22.4 Å². The average molecular weight is 316 g/mol. The lowest BCUT2D eigenvalue weighted by Crippen LogP contribution is -2.24. The van der Waals surface area contributed by atoms with Crippen molar-refractivity contribution in [1.29, 1.82) is 0 Å². The van der Waals surface area contributed by atoms with Gasteiger partial charge in [0.2, 0.25) is 0 Å². The predicted molar refractivity (Wildman–Crippen MR) is 91.2 cm³/mol. The molecule has 0 bridgehead atoms. The second-order valence-corrected chi connectivity index (χ2v) is 6.48. The first-order chi connectivity index (χ1) is 11.8. The van der Waals surface area contributed by atoms with Crippen molar-refractivity contribution in [3.05, 3.63) is 77.9 Å². The number of esters is 1. The van der Waals surface area contributed by atoms with Gasteiger partial charge in [-0.15, -0.1) is 0 Å². The molecule has 0 amide bonds. The Morgan fingerprint density at radius 2 is 1.75 bits per heavy atom. The number of para-hydroxylation sites is 1. The highest BCUT2D eigenvalue weighted by atomic mass is 16.5. The molecule has 0 saturated heterocycles. The minimum Gasteiger partial charge on any atom is -0.488 e. The first kappa shape index (κ1) is 13.6. The summed E-state index contributed by atoms with van der Waals surface area (Å²) in [6.07, 6.45) is -0.177. The molecule has 0 unspecified atom stereocenters. The third-order valence-electron chi connectivity index (χ3n) is 5.38. The molecule has 118 valence electrons. The third-order valence-corrected chi connectivity index (χ3v) is 5.38. The van der Waals surface area contributed by atoms with Gasteiger partial charge in [0.1, 0.15) is 17.3 Å². The van der Waals surface area contributed by atoms with E-state index in [-0.39, 0.29) is 18.0 Å². The van der Waals surface area contributed by atoms with Gasteiger partial charge in [0, 0.05) is 11.5 Å². The van der Waals surface area contributed by atoms with Crippen LogP contribution < -0.4 is 4.74 Å². The highest BCUT2D eigenvalue weighted by molar-refractivity contribution is 5.94. The van der Waals surface area contributed by atoms with Crippen molar-refractivity contribution in [2.75, 3.05) is 7.11 Å². The lowest BCUT2D eigenvalue weighted by atomic mass is 9.90. The second kappa shape index (κ2) is 4.60. The summed E-state index contributed by atoms with van der Waals surface area (Å²) in [6, 6.07) is 22.4. The topological polar surface area (TPSA) is 35.5 Å². The Bertz CT molecular complexity index is 977. The fourth-order valence-electron chi connectivity index (χ4n) is 4.25. The van der Waals surface area contributed by atoms with E-state index in [9.17, 15) is 4.79 Å². The number of benzene rings is 3. The third kappa shape index (κ3) is 1.54. The Labute approximate surface area is 139 Å². The van der Waals surface area contributed by atoms with Gasteiger partial charge in [-0.25, -0.2) is 0 Å². The van der Waals surface area contributed by atoms with E-state index in [1.54, 1.807) is 0 Å².